The molecule has 0 heterocycles. The molecule has 0 radical (unpaired) electrons. The highest BCUT2D eigenvalue weighted by atomic mass is 127. The molecule has 2 nitrogen and oxygen atoms in total. The number of rotatable bonds is 3. The second-order valence-corrected chi connectivity index (χ2v) is 3.73. The van der Waals surface area contributed by atoms with E-state index >= 15 is 0 Å². The minimum Gasteiger partial charge on any atom is -0.492 e. The van der Waals surface area contributed by atoms with Crippen molar-refractivity contribution in [2.75, 3.05) is 13.2 Å². The lowest BCUT2D eigenvalue weighted by Gasteiger charge is -2.07. The van der Waals surface area contributed by atoms with Crippen molar-refractivity contribution in [1.82, 2.24) is 0 Å². The largest absolute Gasteiger partial charge is 0.492 e. The summed E-state index contributed by atoms with van der Waals surface area (Å²) in [7, 11) is 1.99. The second kappa shape index (κ2) is 4.72. The Balaban J connectivity index is 2.72. The van der Waals surface area contributed by atoms with Crippen LogP contribution < -0.4 is 10.2 Å². The average Bonchev–Trinajstić information content (AvgIpc) is 2.03. The monoisotopic (exact) mass is 276 g/mol. The summed E-state index contributed by atoms with van der Waals surface area (Å²) in [6, 6.07) is 5.96. The zero-order valence-electron chi connectivity index (χ0n) is 6.88. The highest BCUT2D eigenvalue weighted by Gasteiger charge is 1.98. The number of hydrogen-bond donors (Lipinski definition) is 1. The fourth-order valence-corrected chi connectivity index (χ4v) is 1.58. The van der Waals surface area contributed by atoms with Crippen molar-refractivity contribution in [3.63, 3.8) is 0 Å². The lowest BCUT2D eigenvalue weighted by atomic mass is 9.95. The van der Waals surface area contributed by atoms with E-state index in [0.29, 0.717) is 6.61 Å². The Hall–Kier alpha value is -0.225. The maximum atomic E-state index is 8.55. The van der Waals surface area contributed by atoms with Gasteiger partial charge in [-0.05, 0) is 40.2 Å². The first-order valence-corrected chi connectivity index (χ1v) is 4.81. The van der Waals surface area contributed by atoms with Crippen molar-refractivity contribution in [3.8, 4) is 5.75 Å². The Morgan fingerprint density at radius 3 is 2.83 bits per heavy atom. The fraction of sp³-hybridized carbons (Fsp3) is 0.250. The summed E-state index contributed by atoms with van der Waals surface area (Å²) >= 11 is 2.25. The Morgan fingerprint density at radius 2 is 2.25 bits per heavy atom. The van der Waals surface area contributed by atoms with Gasteiger partial charge in [0, 0.05) is 3.57 Å². The van der Waals surface area contributed by atoms with Crippen LogP contribution in [0.1, 0.15) is 0 Å². The number of hydrogen-bond acceptors (Lipinski definition) is 2. The van der Waals surface area contributed by atoms with E-state index in [2.05, 4.69) is 22.6 Å². The highest BCUT2D eigenvalue weighted by molar-refractivity contribution is 14.1. The number of aliphatic hydroxyl groups is 1. The zero-order chi connectivity index (χ0) is 8.97. The first-order valence-electron chi connectivity index (χ1n) is 3.74. The van der Waals surface area contributed by atoms with Crippen LogP contribution in [0, 0.1) is 3.57 Å². The molecule has 0 saturated heterocycles. The number of ether oxygens (including phenoxy) is 1. The summed E-state index contributed by atoms with van der Waals surface area (Å²) in [6.07, 6.45) is 0. The summed E-state index contributed by atoms with van der Waals surface area (Å²) < 4.78 is 6.48. The third-order valence-corrected chi connectivity index (χ3v) is 2.16. The van der Waals surface area contributed by atoms with Crippen LogP contribution in [-0.4, -0.2) is 26.2 Å². The van der Waals surface area contributed by atoms with Crippen LogP contribution >= 0.6 is 22.6 Å². The van der Waals surface area contributed by atoms with Crippen molar-refractivity contribution in [2.45, 2.75) is 0 Å². The van der Waals surface area contributed by atoms with Crippen LogP contribution in [0.25, 0.3) is 0 Å². The van der Waals surface area contributed by atoms with Crippen molar-refractivity contribution >= 4 is 35.9 Å². The van der Waals surface area contributed by atoms with Gasteiger partial charge < -0.3 is 9.84 Å². The molecule has 0 aromatic heterocycles. The molecular weight excluding hydrogens is 266 g/mol. The van der Waals surface area contributed by atoms with Gasteiger partial charge in [-0.3, -0.25) is 0 Å². The van der Waals surface area contributed by atoms with E-state index < -0.39 is 0 Å². The minimum atomic E-state index is 0.0609. The van der Waals surface area contributed by atoms with Gasteiger partial charge in [-0.1, -0.05) is 6.07 Å². The van der Waals surface area contributed by atoms with Crippen LogP contribution in [0.5, 0.6) is 5.75 Å². The standard InChI is InChI=1S/C8H10BIO2/c9-7-5-6(10)1-2-8(7)12-4-3-11/h1-2,5,11H,3-4,9H2. The Labute approximate surface area is 86.5 Å². The van der Waals surface area contributed by atoms with Crippen molar-refractivity contribution in [3.05, 3.63) is 21.8 Å². The molecule has 0 aliphatic rings. The molecule has 0 bridgehead atoms. The molecule has 1 aromatic rings. The molecule has 4 heteroatoms. The summed E-state index contributed by atoms with van der Waals surface area (Å²) in [5.74, 6) is 0.851. The lowest BCUT2D eigenvalue weighted by molar-refractivity contribution is 0.202. The molecule has 0 fully saturated rings. The van der Waals surface area contributed by atoms with Gasteiger partial charge in [0.2, 0.25) is 0 Å². The summed E-state index contributed by atoms with van der Waals surface area (Å²) in [4.78, 5) is 0. The van der Waals surface area contributed by atoms with E-state index in [4.69, 9.17) is 9.84 Å². The minimum absolute atomic E-state index is 0.0609. The van der Waals surface area contributed by atoms with E-state index in [-0.39, 0.29) is 6.61 Å². The van der Waals surface area contributed by atoms with E-state index in [9.17, 15) is 0 Å². The van der Waals surface area contributed by atoms with Crippen molar-refractivity contribution < 1.29 is 9.84 Å². The van der Waals surface area contributed by atoms with Gasteiger partial charge in [0.25, 0.3) is 0 Å². The highest BCUT2D eigenvalue weighted by Crippen LogP contribution is 2.09. The quantitative estimate of drug-likeness (QED) is 0.618. The first kappa shape index (κ1) is 9.86. The summed E-state index contributed by atoms with van der Waals surface area (Å²) in [6.45, 7) is 0.423. The zero-order valence-corrected chi connectivity index (χ0v) is 9.04. The van der Waals surface area contributed by atoms with Gasteiger partial charge in [0.1, 0.15) is 20.2 Å². The smallest absolute Gasteiger partial charge is 0.144 e. The third kappa shape index (κ3) is 2.67. The Bertz CT molecular complexity index is 265. The predicted octanol–water partition coefficient (Wildman–Crippen LogP) is -0.0793. The van der Waals surface area contributed by atoms with Crippen molar-refractivity contribution in [2.24, 2.45) is 0 Å². The molecule has 0 aliphatic heterocycles. The lowest BCUT2D eigenvalue weighted by Crippen LogP contribution is -2.12. The fourth-order valence-electron chi connectivity index (χ4n) is 0.930. The van der Waals surface area contributed by atoms with Gasteiger partial charge in [-0.15, -0.1) is 0 Å². The average molecular weight is 276 g/mol. The summed E-state index contributed by atoms with van der Waals surface area (Å²) in [5.41, 5.74) is 1.11. The van der Waals surface area contributed by atoms with Crippen LogP contribution in [0.15, 0.2) is 18.2 Å². The van der Waals surface area contributed by atoms with Gasteiger partial charge in [0.05, 0.1) is 6.61 Å². The molecule has 0 unspecified atom stereocenters. The molecule has 0 atom stereocenters. The van der Waals surface area contributed by atoms with Crippen LogP contribution in [0.3, 0.4) is 0 Å². The second-order valence-electron chi connectivity index (χ2n) is 2.48. The van der Waals surface area contributed by atoms with E-state index in [1.54, 1.807) is 0 Å². The molecule has 0 amide bonds. The van der Waals surface area contributed by atoms with Crippen LogP contribution in [-0.2, 0) is 0 Å². The van der Waals surface area contributed by atoms with Gasteiger partial charge >= 0.3 is 0 Å². The van der Waals surface area contributed by atoms with Gasteiger partial charge in [0.15, 0.2) is 0 Å². The third-order valence-electron chi connectivity index (χ3n) is 1.49. The van der Waals surface area contributed by atoms with Gasteiger partial charge in [-0.2, -0.15) is 0 Å². The first-order chi connectivity index (χ1) is 5.74. The maximum absolute atomic E-state index is 8.55. The molecule has 0 saturated carbocycles. The number of benzene rings is 1. The Morgan fingerprint density at radius 1 is 1.50 bits per heavy atom. The van der Waals surface area contributed by atoms with Crippen molar-refractivity contribution in [1.29, 1.82) is 0 Å². The molecule has 0 spiro atoms. The van der Waals surface area contributed by atoms with E-state index in [0.717, 1.165) is 11.2 Å². The molecule has 1 N–H and O–H groups in total. The predicted molar refractivity (Wildman–Crippen MR) is 59.9 cm³/mol. The molecule has 64 valence electrons. The van der Waals surface area contributed by atoms with Gasteiger partial charge in [-0.25, -0.2) is 0 Å². The summed E-state index contributed by atoms with van der Waals surface area (Å²) in [5, 5.41) is 8.55. The van der Waals surface area contributed by atoms with Crippen LogP contribution in [0.4, 0.5) is 0 Å². The van der Waals surface area contributed by atoms with Crippen LogP contribution in [0.2, 0.25) is 0 Å². The van der Waals surface area contributed by atoms with E-state index in [1.807, 2.05) is 26.0 Å². The molecule has 1 aromatic carbocycles. The molecular formula is C8H10BIO2. The molecule has 0 aliphatic carbocycles. The molecule has 12 heavy (non-hydrogen) atoms. The maximum Gasteiger partial charge on any atom is 0.144 e. The van der Waals surface area contributed by atoms with E-state index in [1.165, 1.54) is 3.57 Å². The number of halogens is 1. The normalized spacial score (nSPS) is 9.83. The molecule has 1 rings (SSSR count). The SMILES string of the molecule is Bc1cc(I)ccc1OCCO. The Kier molecular flexibility index (Phi) is 3.88. The topological polar surface area (TPSA) is 29.5 Å². The number of aliphatic hydroxyl groups excluding tert-OH is 1.